The molecule has 0 aliphatic heterocycles. The molecule has 3 N–H and O–H groups in total. The van der Waals surface area contributed by atoms with Crippen molar-refractivity contribution in [3.63, 3.8) is 0 Å². The second-order valence-corrected chi connectivity index (χ2v) is 3.72. The maximum absolute atomic E-state index is 10.8. The minimum atomic E-state index is -0.942. The molecule has 5 heteroatoms. The van der Waals surface area contributed by atoms with Gasteiger partial charge < -0.3 is 20.3 Å². The van der Waals surface area contributed by atoms with Crippen LogP contribution in [-0.4, -0.2) is 42.5 Å². The first-order valence-electron chi connectivity index (χ1n) is 5.32. The zero-order valence-electron chi connectivity index (χ0n) is 9.72. The monoisotopic (exact) mass is 239 g/mol. The highest BCUT2D eigenvalue weighted by Crippen LogP contribution is 2.05. The van der Waals surface area contributed by atoms with Crippen molar-refractivity contribution in [3.05, 3.63) is 35.4 Å². The molecule has 0 aromatic heterocycles. The minimum Gasteiger partial charge on any atom is -0.478 e. The lowest BCUT2D eigenvalue weighted by atomic mass is 10.1. The summed E-state index contributed by atoms with van der Waals surface area (Å²) in [6.07, 6.45) is 0. The Morgan fingerprint density at radius 1 is 1.53 bits per heavy atom. The van der Waals surface area contributed by atoms with Gasteiger partial charge in [0.1, 0.15) is 0 Å². The Hall–Kier alpha value is -1.43. The summed E-state index contributed by atoms with van der Waals surface area (Å²) in [5.74, 6) is -0.942. The first-order chi connectivity index (χ1) is 8.17. The van der Waals surface area contributed by atoms with E-state index in [0.29, 0.717) is 13.2 Å². The third-order valence-electron chi connectivity index (χ3n) is 2.36. The molecule has 1 atom stereocenters. The number of aromatic carboxylic acids is 1. The third kappa shape index (κ3) is 4.52. The summed E-state index contributed by atoms with van der Waals surface area (Å²) in [5, 5.41) is 21.0. The van der Waals surface area contributed by atoms with Crippen molar-refractivity contribution < 1.29 is 19.7 Å². The van der Waals surface area contributed by atoms with Crippen LogP contribution in [0.25, 0.3) is 0 Å². The van der Waals surface area contributed by atoms with Gasteiger partial charge in [-0.05, 0) is 17.7 Å². The van der Waals surface area contributed by atoms with Crippen molar-refractivity contribution >= 4 is 5.97 Å². The lowest BCUT2D eigenvalue weighted by Crippen LogP contribution is -2.35. The van der Waals surface area contributed by atoms with Gasteiger partial charge in [0.25, 0.3) is 0 Å². The molecular weight excluding hydrogens is 222 g/mol. The van der Waals surface area contributed by atoms with E-state index < -0.39 is 5.97 Å². The topological polar surface area (TPSA) is 78.8 Å². The highest BCUT2D eigenvalue weighted by Gasteiger charge is 2.07. The van der Waals surface area contributed by atoms with E-state index in [1.54, 1.807) is 25.3 Å². The van der Waals surface area contributed by atoms with E-state index >= 15 is 0 Å². The Kier molecular flexibility index (Phi) is 5.62. The molecule has 0 heterocycles. The molecular formula is C12H17NO4. The molecule has 0 saturated heterocycles. The number of hydrogen-bond donors (Lipinski definition) is 3. The molecule has 0 aliphatic carbocycles. The molecule has 94 valence electrons. The van der Waals surface area contributed by atoms with Crippen LogP contribution >= 0.6 is 0 Å². The highest BCUT2D eigenvalue weighted by molar-refractivity contribution is 5.87. The van der Waals surface area contributed by atoms with Gasteiger partial charge in [0.15, 0.2) is 0 Å². The Bertz CT molecular complexity index is 367. The first-order valence-corrected chi connectivity index (χ1v) is 5.32. The number of nitrogens with one attached hydrogen (secondary N) is 1. The van der Waals surface area contributed by atoms with Crippen molar-refractivity contribution in [1.29, 1.82) is 0 Å². The summed E-state index contributed by atoms with van der Waals surface area (Å²) in [4.78, 5) is 10.8. The van der Waals surface area contributed by atoms with Crippen LogP contribution < -0.4 is 5.32 Å². The van der Waals surface area contributed by atoms with E-state index in [-0.39, 0.29) is 18.2 Å². The number of carbonyl (C=O) groups is 1. The predicted octanol–water partition coefficient (Wildman–Crippen LogP) is 0.482. The summed E-state index contributed by atoms with van der Waals surface area (Å²) in [7, 11) is 1.56. The summed E-state index contributed by atoms with van der Waals surface area (Å²) in [5.41, 5.74) is 1.12. The van der Waals surface area contributed by atoms with Gasteiger partial charge >= 0.3 is 5.97 Å². The fourth-order valence-corrected chi connectivity index (χ4v) is 1.45. The Labute approximate surface area is 100 Å². The molecule has 0 radical (unpaired) electrons. The van der Waals surface area contributed by atoms with Crippen LogP contribution in [0, 0.1) is 0 Å². The van der Waals surface area contributed by atoms with E-state index in [9.17, 15) is 4.79 Å². The Balaban J connectivity index is 2.56. The Morgan fingerprint density at radius 3 is 2.88 bits per heavy atom. The van der Waals surface area contributed by atoms with E-state index in [4.69, 9.17) is 14.9 Å². The van der Waals surface area contributed by atoms with E-state index in [1.165, 1.54) is 0 Å². The van der Waals surface area contributed by atoms with Gasteiger partial charge in [0, 0.05) is 13.7 Å². The molecule has 1 aromatic rings. The predicted molar refractivity (Wildman–Crippen MR) is 63.0 cm³/mol. The zero-order chi connectivity index (χ0) is 12.7. The smallest absolute Gasteiger partial charge is 0.335 e. The van der Waals surface area contributed by atoms with Crippen LogP contribution in [0.2, 0.25) is 0 Å². The van der Waals surface area contributed by atoms with Gasteiger partial charge in [0.05, 0.1) is 24.8 Å². The number of aliphatic hydroxyl groups is 1. The molecule has 0 saturated carbocycles. The molecule has 17 heavy (non-hydrogen) atoms. The minimum absolute atomic E-state index is 0.0214. The normalized spacial score (nSPS) is 12.4. The number of ether oxygens (including phenoxy) is 1. The van der Waals surface area contributed by atoms with Crippen molar-refractivity contribution in [2.45, 2.75) is 12.6 Å². The summed E-state index contributed by atoms with van der Waals surface area (Å²) in [6, 6.07) is 6.54. The van der Waals surface area contributed by atoms with Crippen LogP contribution in [0.1, 0.15) is 15.9 Å². The molecule has 0 fully saturated rings. The van der Waals surface area contributed by atoms with Gasteiger partial charge in [-0.1, -0.05) is 12.1 Å². The second-order valence-electron chi connectivity index (χ2n) is 3.72. The van der Waals surface area contributed by atoms with Crippen molar-refractivity contribution in [2.75, 3.05) is 20.3 Å². The van der Waals surface area contributed by atoms with Crippen LogP contribution in [-0.2, 0) is 11.3 Å². The second kappa shape index (κ2) is 7.01. The third-order valence-corrected chi connectivity index (χ3v) is 2.36. The molecule has 5 nitrogen and oxygen atoms in total. The summed E-state index contributed by atoms with van der Waals surface area (Å²) < 4.78 is 4.93. The number of carboxylic acids is 1. The van der Waals surface area contributed by atoms with E-state index in [1.807, 2.05) is 6.07 Å². The fourth-order valence-electron chi connectivity index (χ4n) is 1.45. The van der Waals surface area contributed by atoms with Crippen LogP contribution in [0.4, 0.5) is 0 Å². The van der Waals surface area contributed by atoms with Gasteiger partial charge in [-0.25, -0.2) is 4.79 Å². The fraction of sp³-hybridized carbons (Fsp3) is 0.417. The van der Waals surface area contributed by atoms with Crippen LogP contribution in [0.5, 0.6) is 0 Å². The van der Waals surface area contributed by atoms with Gasteiger partial charge in [0.2, 0.25) is 0 Å². The van der Waals surface area contributed by atoms with Gasteiger partial charge in [-0.15, -0.1) is 0 Å². The van der Waals surface area contributed by atoms with Crippen molar-refractivity contribution in [3.8, 4) is 0 Å². The number of carboxylic acid groups (broad SMARTS) is 1. The number of rotatable bonds is 7. The molecule has 0 amide bonds. The number of benzene rings is 1. The quantitative estimate of drug-likeness (QED) is 0.645. The maximum Gasteiger partial charge on any atom is 0.335 e. The standard InChI is InChI=1S/C12H17NO4/c1-17-8-11(7-14)13-6-9-3-2-4-10(5-9)12(15)16/h2-5,11,13-14H,6-8H2,1H3,(H,15,16). The number of methoxy groups -OCH3 is 1. The van der Waals surface area contributed by atoms with Crippen molar-refractivity contribution in [2.24, 2.45) is 0 Å². The highest BCUT2D eigenvalue weighted by atomic mass is 16.5. The summed E-state index contributed by atoms with van der Waals surface area (Å²) in [6.45, 7) is 0.886. The average molecular weight is 239 g/mol. The molecule has 1 aromatic carbocycles. The van der Waals surface area contributed by atoms with Crippen molar-refractivity contribution in [1.82, 2.24) is 5.32 Å². The van der Waals surface area contributed by atoms with E-state index in [0.717, 1.165) is 5.56 Å². The van der Waals surface area contributed by atoms with E-state index in [2.05, 4.69) is 5.32 Å². The molecule has 1 unspecified atom stereocenters. The number of aliphatic hydroxyl groups excluding tert-OH is 1. The van der Waals surface area contributed by atoms with Gasteiger partial charge in [-0.2, -0.15) is 0 Å². The largest absolute Gasteiger partial charge is 0.478 e. The molecule has 1 rings (SSSR count). The average Bonchev–Trinajstić information content (AvgIpc) is 2.34. The van der Waals surface area contributed by atoms with Gasteiger partial charge in [-0.3, -0.25) is 0 Å². The van der Waals surface area contributed by atoms with Crippen LogP contribution in [0.3, 0.4) is 0 Å². The first kappa shape index (κ1) is 13.6. The zero-order valence-corrected chi connectivity index (χ0v) is 9.72. The summed E-state index contributed by atoms with van der Waals surface area (Å²) >= 11 is 0. The lowest BCUT2D eigenvalue weighted by Gasteiger charge is -2.15. The molecule has 0 bridgehead atoms. The molecule has 0 aliphatic rings. The Morgan fingerprint density at radius 2 is 2.29 bits per heavy atom. The SMILES string of the molecule is COCC(CO)NCc1cccc(C(=O)O)c1. The number of hydrogen-bond acceptors (Lipinski definition) is 4. The maximum atomic E-state index is 10.8. The lowest BCUT2D eigenvalue weighted by molar-refractivity contribution is 0.0696. The van der Waals surface area contributed by atoms with Crippen LogP contribution in [0.15, 0.2) is 24.3 Å². The molecule has 0 spiro atoms.